The van der Waals surface area contributed by atoms with Gasteiger partial charge < -0.3 is 0 Å². The molecule has 0 radical (unpaired) electrons. The predicted octanol–water partition coefficient (Wildman–Crippen LogP) is 3.38. The molecule has 0 spiro atoms. The van der Waals surface area contributed by atoms with Crippen LogP contribution in [0.3, 0.4) is 0 Å². The van der Waals surface area contributed by atoms with Gasteiger partial charge in [0.2, 0.25) is 0 Å². The van der Waals surface area contributed by atoms with Crippen LogP contribution >= 0.6 is 11.8 Å². The fraction of sp³-hybridized carbons (Fsp3) is 0.500. The summed E-state index contributed by atoms with van der Waals surface area (Å²) in [4.78, 5) is 5.16. The van der Waals surface area contributed by atoms with Crippen molar-refractivity contribution >= 4 is 11.8 Å². The molecule has 1 saturated carbocycles. The van der Waals surface area contributed by atoms with E-state index in [9.17, 15) is 0 Å². The molecule has 0 N–H and O–H groups in total. The van der Waals surface area contributed by atoms with Gasteiger partial charge in [-0.3, -0.25) is 0 Å². The number of thioether (sulfide) groups is 1. The first kappa shape index (κ1) is 10.5. The molecule has 2 rings (SSSR count). The lowest BCUT2D eigenvalue weighted by Crippen LogP contribution is -2.07. The van der Waals surface area contributed by atoms with Crippen LogP contribution in [0.25, 0.3) is 0 Å². The Morgan fingerprint density at radius 3 is 2.87 bits per heavy atom. The van der Waals surface area contributed by atoms with Crippen LogP contribution in [0, 0.1) is 11.3 Å². The van der Waals surface area contributed by atoms with Crippen LogP contribution in [0.1, 0.15) is 37.8 Å². The van der Waals surface area contributed by atoms with Crippen molar-refractivity contribution in [2.75, 3.05) is 0 Å². The zero-order chi connectivity index (χ0) is 10.5. The average Bonchev–Trinajstić information content (AvgIpc) is 2.31. The lowest BCUT2D eigenvalue weighted by atomic mass is 10.0. The van der Waals surface area contributed by atoms with Crippen LogP contribution in [0.15, 0.2) is 23.2 Å². The Balaban J connectivity index is 2.00. The van der Waals surface area contributed by atoms with Gasteiger partial charge in [-0.05, 0) is 25.0 Å². The molecule has 1 aliphatic carbocycles. The number of hydrogen-bond acceptors (Lipinski definition) is 3. The fourth-order valence-electron chi connectivity index (χ4n) is 1.92. The third-order valence-corrected chi connectivity index (χ3v) is 4.03. The van der Waals surface area contributed by atoms with Gasteiger partial charge >= 0.3 is 0 Å². The van der Waals surface area contributed by atoms with E-state index in [1.54, 1.807) is 6.20 Å². The number of hydrogen-bond donors (Lipinski definition) is 0. The maximum Gasteiger partial charge on any atom is 0.141 e. The summed E-state index contributed by atoms with van der Waals surface area (Å²) in [6, 6.07) is 5.97. The maximum absolute atomic E-state index is 8.75. The molecule has 2 nitrogen and oxygen atoms in total. The number of aromatic nitrogens is 1. The van der Waals surface area contributed by atoms with Crippen molar-refractivity contribution in [3.63, 3.8) is 0 Å². The minimum Gasteiger partial charge on any atom is -0.245 e. The molecule has 1 aromatic rings. The van der Waals surface area contributed by atoms with Gasteiger partial charge in [-0.15, -0.1) is 11.8 Å². The predicted molar refractivity (Wildman–Crippen MR) is 61.7 cm³/mol. The van der Waals surface area contributed by atoms with E-state index in [1.807, 2.05) is 23.9 Å². The SMILES string of the molecule is N#Cc1cc(SC2CCCCC2)ccn1. The van der Waals surface area contributed by atoms with E-state index in [0.717, 1.165) is 5.25 Å². The molecule has 1 heterocycles. The molecule has 1 aliphatic rings. The van der Waals surface area contributed by atoms with Crippen molar-refractivity contribution in [2.24, 2.45) is 0 Å². The molecule has 3 heteroatoms. The molecule has 0 atom stereocenters. The van der Waals surface area contributed by atoms with Crippen molar-refractivity contribution in [2.45, 2.75) is 42.2 Å². The standard InChI is InChI=1S/C12H14N2S/c13-9-10-8-12(6-7-14-10)15-11-4-2-1-3-5-11/h6-8,11H,1-5H2. The Bertz CT molecular complexity index is 364. The van der Waals surface area contributed by atoms with Crippen LogP contribution in [0.4, 0.5) is 0 Å². The number of pyridine rings is 1. The molecule has 78 valence electrons. The van der Waals surface area contributed by atoms with Crippen LogP contribution in [-0.2, 0) is 0 Å². The van der Waals surface area contributed by atoms with Crippen molar-refractivity contribution in [1.29, 1.82) is 5.26 Å². The molecule has 0 bridgehead atoms. The first-order valence-corrected chi connectivity index (χ1v) is 6.29. The van der Waals surface area contributed by atoms with Crippen molar-refractivity contribution in [1.82, 2.24) is 4.98 Å². The maximum atomic E-state index is 8.75. The zero-order valence-electron chi connectivity index (χ0n) is 8.65. The van der Waals surface area contributed by atoms with Gasteiger partial charge in [0.15, 0.2) is 0 Å². The second-order valence-electron chi connectivity index (χ2n) is 3.87. The molecule has 1 fully saturated rings. The van der Waals surface area contributed by atoms with E-state index < -0.39 is 0 Å². The molecular weight excluding hydrogens is 204 g/mol. The summed E-state index contributed by atoms with van der Waals surface area (Å²) in [5.74, 6) is 0. The topological polar surface area (TPSA) is 36.7 Å². The van der Waals surface area contributed by atoms with Crippen LogP contribution in [0.5, 0.6) is 0 Å². The van der Waals surface area contributed by atoms with E-state index in [4.69, 9.17) is 5.26 Å². The highest BCUT2D eigenvalue weighted by Gasteiger charge is 2.14. The number of nitrogens with zero attached hydrogens (tertiary/aromatic N) is 2. The van der Waals surface area contributed by atoms with E-state index >= 15 is 0 Å². The molecule has 0 unspecified atom stereocenters. The first-order valence-electron chi connectivity index (χ1n) is 5.41. The minimum absolute atomic E-state index is 0.524. The zero-order valence-corrected chi connectivity index (χ0v) is 9.46. The first-order chi connectivity index (χ1) is 7.38. The van der Waals surface area contributed by atoms with Crippen LogP contribution in [0.2, 0.25) is 0 Å². The summed E-state index contributed by atoms with van der Waals surface area (Å²) >= 11 is 1.90. The van der Waals surface area contributed by atoms with Crippen LogP contribution in [-0.4, -0.2) is 10.2 Å². The Kier molecular flexibility index (Phi) is 3.63. The second kappa shape index (κ2) is 5.18. The second-order valence-corrected chi connectivity index (χ2v) is 5.24. The Hall–Kier alpha value is -1.01. The van der Waals surface area contributed by atoms with Gasteiger partial charge in [0, 0.05) is 16.3 Å². The van der Waals surface area contributed by atoms with Crippen molar-refractivity contribution in [3.8, 4) is 6.07 Å². The highest BCUT2D eigenvalue weighted by atomic mass is 32.2. The highest BCUT2D eigenvalue weighted by Crippen LogP contribution is 2.33. The van der Waals surface area contributed by atoms with Crippen molar-refractivity contribution in [3.05, 3.63) is 24.0 Å². The van der Waals surface area contributed by atoms with E-state index in [2.05, 4.69) is 11.1 Å². The summed E-state index contributed by atoms with van der Waals surface area (Å²) in [5, 5.41) is 9.49. The van der Waals surface area contributed by atoms with Gasteiger partial charge in [-0.2, -0.15) is 5.26 Å². The summed E-state index contributed by atoms with van der Waals surface area (Å²) < 4.78 is 0. The molecule has 0 amide bonds. The Morgan fingerprint density at radius 1 is 1.33 bits per heavy atom. The molecule has 15 heavy (non-hydrogen) atoms. The average molecular weight is 218 g/mol. The summed E-state index contributed by atoms with van der Waals surface area (Å²) in [6.07, 6.45) is 8.45. The van der Waals surface area contributed by atoms with Gasteiger partial charge in [0.05, 0.1) is 0 Å². The lowest BCUT2D eigenvalue weighted by Gasteiger charge is -2.20. The summed E-state index contributed by atoms with van der Waals surface area (Å²) in [5.41, 5.74) is 0.524. The third-order valence-electron chi connectivity index (χ3n) is 2.70. The monoisotopic (exact) mass is 218 g/mol. The quantitative estimate of drug-likeness (QED) is 0.763. The lowest BCUT2D eigenvalue weighted by molar-refractivity contribution is 0.516. The normalized spacial score (nSPS) is 17.3. The van der Waals surface area contributed by atoms with E-state index in [0.29, 0.717) is 5.69 Å². The Labute approximate surface area is 94.7 Å². The highest BCUT2D eigenvalue weighted by molar-refractivity contribution is 8.00. The number of nitriles is 1. The fourth-order valence-corrected chi connectivity index (χ4v) is 3.19. The van der Waals surface area contributed by atoms with Crippen molar-refractivity contribution < 1.29 is 0 Å². The molecular formula is C12H14N2S. The van der Waals surface area contributed by atoms with Gasteiger partial charge in [0.25, 0.3) is 0 Å². The molecule has 0 aromatic carbocycles. The minimum atomic E-state index is 0.524. The van der Waals surface area contributed by atoms with Gasteiger partial charge in [-0.1, -0.05) is 19.3 Å². The van der Waals surface area contributed by atoms with Gasteiger partial charge in [-0.25, -0.2) is 4.98 Å². The van der Waals surface area contributed by atoms with Gasteiger partial charge in [0.1, 0.15) is 11.8 Å². The summed E-state index contributed by atoms with van der Waals surface area (Å²) in [6.45, 7) is 0. The molecule has 0 saturated heterocycles. The molecule has 1 aromatic heterocycles. The molecule has 0 aliphatic heterocycles. The summed E-state index contributed by atoms with van der Waals surface area (Å²) in [7, 11) is 0. The number of rotatable bonds is 2. The third kappa shape index (κ3) is 2.97. The Morgan fingerprint density at radius 2 is 2.13 bits per heavy atom. The smallest absolute Gasteiger partial charge is 0.141 e. The van der Waals surface area contributed by atoms with Crippen LogP contribution < -0.4 is 0 Å². The van der Waals surface area contributed by atoms with E-state index in [-0.39, 0.29) is 0 Å². The largest absolute Gasteiger partial charge is 0.245 e. The van der Waals surface area contributed by atoms with E-state index in [1.165, 1.54) is 37.0 Å².